The zero-order chi connectivity index (χ0) is 31.3. The van der Waals surface area contributed by atoms with Gasteiger partial charge < -0.3 is 9.84 Å². The maximum atomic E-state index is 15.1. The smallest absolute Gasteiger partial charge is 0.419 e. The molecule has 0 saturated carbocycles. The van der Waals surface area contributed by atoms with Gasteiger partial charge >= 0.3 is 6.18 Å². The first-order chi connectivity index (χ1) is 19.5. The van der Waals surface area contributed by atoms with Gasteiger partial charge in [-0.1, -0.05) is 24.3 Å². The molecule has 42 heavy (non-hydrogen) atoms. The molecule has 230 valence electrons. The Bertz CT molecular complexity index is 1480. The van der Waals surface area contributed by atoms with Crippen LogP contribution in [0.25, 0.3) is 0 Å². The number of nitrogens with zero attached hydrogens (tertiary/aromatic N) is 1. The first-order valence-corrected chi connectivity index (χ1v) is 14.4. The second kappa shape index (κ2) is 13.4. The third-order valence-corrected chi connectivity index (χ3v) is 7.41. The lowest BCUT2D eigenvalue weighted by Crippen LogP contribution is -2.36. The third-order valence-electron chi connectivity index (χ3n) is 6.24. The summed E-state index contributed by atoms with van der Waals surface area (Å²) in [6.07, 6.45) is -4.49. The number of hydrogen-bond donors (Lipinski definition) is 1. The first-order valence-electron chi connectivity index (χ1n) is 12.5. The summed E-state index contributed by atoms with van der Waals surface area (Å²) in [7, 11) is -3.91. The SMILES string of the molecule is CS(=O)(=O)c1cc(OCCCN(Cc2cccc(C(F)(F)F)c2F)CC(F)(F)c2ccc(F)cc2)cc(F)c1CCO. The molecule has 3 aromatic rings. The fourth-order valence-electron chi connectivity index (χ4n) is 4.28. The molecule has 0 heterocycles. The van der Waals surface area contributed by atoms with Crippen molar-refractivity contribution < 1.29 is 53.4 Å². The Morgan fingerprint density at radius 3 is 2.21 bits per heavy atom. The summed E-state index contributed by atoms with van der Waals surface area (Å²) in [5, 5.41) is 9.13. The van der Waals surface area contributed by atoms with E-state index in [2.05, 4.69) is 0 Å². The molecule has 14 heteroatoms. The average Bonchev–Trinajstić information content (AvgIpc) is 2.88. The van der Waals surface area contributed by atoms with Crippen molar-refractivity contribution in [1.82, 2.24) is 4.90 Å². The Hall–Kier alpha value is -3.23. The maximum Gasteiger partial charge on any atom is 0.419 e. The number of sulfone groups is 1. The van der Waals surface area contributed by atoms with Gasteiger partial charge in [-0.3, -0.25) is 4.90 Å². The lowest BCUT2D eigenvalue weighted by Gasteiger charge is -2.28. The molecule has 0 aromatic heterocycles. The van der Waals surface area contributed by atoms with E-state index in [4.69, 9.17) is 9.84 Å². The van der Waals surface area contributed by atoms with E-state index in [1.807, 2.05) is 0 Å². The van der Waals surface area contributed by atoms with E-state index in [0.29, 0.717) is 6.07 Å². The molecule has 0 amide bonds. The summed E-state index contributed by atoms with van der Waals surface area (Å²) in [5.74, 6) is -7.11. The number of ether oxygens (including phenoxy) is 1. The van der Waals surface area contributed by atoms with Gasteiger partial charge in [0.1, 0.15) is 23.2 Å². The molecule has 1 N–H and O–H groups in total. The van der Waals surface area contributed by atoms with Crippen LogP contribution in [0, 0.1) is 17.5 Å². The molecule has 5 nitrogen and oxygen atoms in total. The molecular weight excluding hydrogens is 598 g/mol. The van der Waals surface area contributed by atoms with Crippen LogP contribution in [0.2, 0.25) is 0 Å². The minimum atomic E-state index is -5.01. The topological polar surface area (TPSA) is 66.8 Å². The fourth-order valence-corrected chi connectivity index (χ4v) is 5.25. The van der Waals surface area contributed by atoms with Gasteiger partial charge in [0.25, 0.3) is 5.92 Å². The zero-order valence-electron chi connectivity index (χ0n) is 22.2. The number of alkyl halides is 5. The van der Waals surface area contributed by atoms with Crippen LogP contribution in [0.4, 0.5) is 35.1 Å². The lowest BCUT2D eigenvalue weighted by molar-refractivity contribution is -0.140. The van der Waals surface area contributed by atoms with E-state index in [1.165, 1.54) is 0 Å². The number of rotatable bonds is 13. The number of aliphatic hydroxyl groups is 1. The van der Waals surface area contributed by atoms with Gasteiger partial charge in [0.2, 0.25) is 0 Å². The highest BCUT2D eigenvalue weighted by atomic mass is 32.2. The van der Waals surface area contributed by atoms with E-state index < -0.39 is 80.7 Å². The van der Waals surface area contributed by atoms with Crippen molar-refractivity contribution in [2.24, 2.45) is 0 Å². The van der Waals surface area contributed by atoms with Gasteiger partial charge in [-0.25, -0.2) is 21.6 Å². The summed E-state index contributed by atoms with van der Waals surface area (Å²) < 4.78 is 142. The highest BCUT2D eigenvalue weighted by Gasteiger charge is 2.37. The molecule has 0 fully saturated rings. The monoisotopic (exact) mass is 625 g/mol. The first kappa shape index (κ1) is 33.3. The van der Waals surface area contributed by atoms with Gasteiger partial charge in [-0.2, -0.15) is 22.0 Å². The average molecular weight is 626 g/mol. The van der Waals surface area contributed by atoms with E-state index in [9.17, 15) is 34.8 Å². The second-order valence-electron chi connectivity index (χ2n) is 9.53. The standard InChI is InChI=1S/C28H27F8NO4S/c1-42(39,40)25-15-21(14-24(30)22(25)10-12-38)41-13-3-11-37(17-27(32,33)19-6-8-20(29)9-7-19)16-18-4-2-5-23(26(18)31)28(34,35)36/h2,4-9,14-15,38H,3,10-13,16-17H2,1H3. The predicted octanol–water partition coefficient (Wildman–Crippen LogP) is 6.12. The van der Waals surface area contributed by atoms with Crippen molar-refractivity contribution in [3.8, 4) is 5.75 Å². The van der Waals surface area contributed by atoms with Crippen LogP contribution in [-0.4, -0.2) is 51.0 Å². The number of benzene rings is 3. The largest absolute Gasteiger partial charge is 0.493 e. The minimum Gasteiger partial charge on any atom is -0.493 e. The molecule has 0 aliphatic heterocycles. The molecule has 3 aromatic carbocycles. The Kier molecular flexibility index (Phi) is 10.6. The quantitative estimate of drug-likeness (QED) is 0.183. The van der Waals surface area contributed by atoms with Crippen LogP contribution in [0.3, 0.4) is 0 Å². The zero-order valence-corrected chi connectivity index (χ0v) is 23.0. The Balaban J connectivity index is 1.81. The summed E-state index contributed by atoms with van der Waals surface area (Å²) in [4.78, 5) is 0.602. The highest BCUT2D eigenvalue weighted by molar-refractivity contribution is 7.90. The van der Waals surface area contributed by atoms with Crippen molar-refractivity contribution in [2.45, 2.75) is 36.4 Å². The molecule has 0 aliphatic rings. The molecule has 0 aliphatic carbocycles. The van der Waals surface area contributed by atoms with Crippen LogP contribution in [-0.2, 0) is 34.9 Å². The van der Waals surface area contributed by atoms with Crippen LogP contribution in [0.15, 0.2) is 59.5 Å². The number of aliphatic hydroxyl groups excluding tert-OH is 1. The fraction of sp³-hybridized carbons (Fsp3) is 0.357. The van der Waals surface area contributed by atoms with E-state index in [1.54, 1.807) is 0 Å². The highest BCUT2D eigenvalue weighted by Crippen LogP contribution is 2.34. The summed E-state index contributed by atoms with van der Waals surface area (Å²) in [6.45, 7) is -2.74. The summed E-state index contributed by atoms with van der Waals surface area (Å²) >= 11 is 0. The summed E-state index contributed by atoms with van der Waals surface area (Å²) in [5.41, 5.74) is -2.84. The van der Waals surface area contributed by atoms with Gasteiger partial charge in [0, 0.05) is 48.7 Å². The Morgan fingerprint density at radius 2 is 1.62 bits per heavy atom. The predicted molar refractivity (Wildman–Crippen MR) is 137 cm³/mol. The minimum absolute atomic E-state index is 0.0612. The van der Waals surface area contributed by atoms with Crippen molar-refractivity contribution >= 4 is 9.84 Å². The van der Waals surface area contributed by atoms with Gasteiger partial charge in [-0.15, -0.1) is 0 Å². The van der Waals surface area contributed by atoms with Gasteiger partial charge in [0.15, 0.2) is 9.84 Å². The van der Waals surface area contributed by atoms with Crippen LogP contribution >= 0.6 is 0 Å². The molecule has 0 bridgehead atoms. The van der Waals surface area contributed by atoms with E-state index in [0.717, 1.165) is 59.7 Å². The van der Waals surface area contributed by atoms with Crippen molar-refractivity contribution in [3.05, 3.63) is 94.3 Å². The van der Waals surface area contributed by atoms with Gasteiger partial charge in [0.05, 0.1) is 23.6 Å². The molecule has 0 radical (unpaired) electrons. The third kappa shape index (κ3) is 8.65. The van der Waals surface area contributed by atoms with E-state index >= 15 is 8.78 Å². The maximum absolute atomic E-state index is 15.1. The normalized spacial score (nSPS) is 12.6. The molecule has 0 atom stereocenters. The number of hydrogen-bond acceptors (Lipinski definition) is 5. The van der Waals surface area contributed by atoms with E-state index in [-0.39, 0.29) is 37.3 Å². The van der Waals surface area contributed by atoms with Crippen LogP contribution in [0.1, 0.15) is 28.7 Å². The van der Waals surface area contributed by atoms with Gasteiger partial charge in [-0.05, 0) is 37.1 Å². The lowest BCUT2D eigenvalue weighted by atomic mass is 10.1. The molecular formula is C28H27F8NO4S. The molecule has 3 rings (SSSR count). The van der Waals surface area contributed by atoms with Crippen LogP contribution in [0.5, 0.6) is 5.75 Å². The van der Waals surface area contributed by atoms with Crippen molar-refractivity contribution in [1.29, 1.82) is 0 Å². The Labute approximate surface area is 237 Å². The molecule has 0 saturated heterocycles. The second-order valence-corrected chi connectivity index (χ2v) is 11.5. The summed E-state index contributed by atoms with van der Waals surface area (Å²) in [6, 6.07) is 7.83. The van der Waals surface area contributed by atoms with Crippen LogP contribution < -0.4 is 4.74 Å². The molecule has 0 spiro atoms. The Morgan fingerprint density at radius 1 is 0.952 bits per heavy atom. The van der Waals surface area contributed by atoms with Crippen molar-refractivity contribution in [3.63, 3.8) is 0 Å². The molecule has 0 unspecified atom stereocenters. The van der Waals surface area contributed by atoms with Crippen molar-refractivity contribution in [2.75, 3.05) is 32.6 Å². The number of halogens is 8.